The van der Waals surface area contributed by atoms with Gasteiger partial charge in [0.2, 0.25) is 11.8 Å². The lowest BCUT2D eigenvalue weighted by molar-refractivity contribution is -0.116. The molecule has 1 N–H and O–H groups in total. The van der Waals surface area contributed by atoms with E-state index in [4.69, 9.17) is 4.74 Å². The Morgan fingerprint density at radius 1 is 1.14 bits per heavy atom. The smallest absolute Gasteiger partial charge is 0.412 e. The Labute approximate surface area is 162 Å². The number of fused-ring (bicyclic) bond motifs is 2. The molecule has 1 saturated carbocycles. The van der Waals surface area contributed by atoms with Crippen molar-refractivity contribution in [3.8, 4) is 0 Å². The number of nitrogens with zero attached hydrogens (tertiary/aromatic N) is 1. The summed E-state index contributed by atoms with van der Waals surface area (Å²) in [5.74, 6) is -3.77. The van der Waals surface area contributed by atoms with Crippen molar-refractivity contribution in [1.82, 2.24) is 0 Å². The molecule has 1 fully saturated rings. The van der Waals surface area contributed by atoms with E-state index in [1.165, 1.54) is 11.8 Å². The molecule has 0 bridgehead atoms. The van der Waals surface area contributed by atoms with Crippen LogP contribution in [0.4, 0.5) is 29.3 Å². The van der Waals surface area contributed by atoms with Crippen LogP contribution in [0.2, 0.25) is 0 Å². The minimum atomic E-state index is -2.75. The van der Waals surface area contributed by atoms with Crippen LogP contribution in [0.3, 0.4) is 0 Å². The second-order valence-electron chi connectivity index (χ2n) is 8.72. The molecule has 5 nitrogen and oxygen atoms in total. The molecular formula is C20H25F3N2O3. The number of ether oxygens (including phenoxy) is 1. The minimum absolute atomic E-state index is 0.118. The number of halogens is 3. The van der Waals surface area contributed by atoms with E-state index in [0.717, 1.165) is 6.07 Å². The van der Waals surface area contributed by atoms with E-state index in [0.29, 0.717) is 5.56 Å². The Balaban J connectivity index is 1.98. The lowest BCUT2D eigenvalue weighted by atomic mass is 9.69. The summed E-state index contributed by atoms with van der Waals surface area (Å²) in [6, 6.07) is 2.70. The number of nitrogens with one attached hydrogen (secondary N) is 1. The lowest BCUT2D eigenvalue weighted by Gasteiger charge is -2.37. The summed E-state index contributed by atoms with van der Waals surface area (Å²) in [7, 11) is 0. The number of hydrogen-bond donors (Lipinski definition) is 1. The van der Waals surface area contributed by atoms with E-state index in [-0.39, 0.29) is 49.5 Å². The molecule has 154 valence electrons. The molecule has 1 aromatic rings. The van der Waals surface area contributed by atoms with Gasteiger partial charge in [-0.1, -0.05) is 0 Å². The van der Waals surface area contributed by atoms with Crippen molar-refractivity contribution < 1.29 is 27.5 Å². The fourth-order valence-electron chi connectivity index (χ4n) is 4.03. The predicted molar refractivity (Wildman–Crippen MR) is 99.4 cm³/mol. The monoisotopic (exact) mass is 398 g/mol. The molecule has 3 rings (SSSR count). The van der Waals surface area contributed by atoms with Gasteiger partial charge < -0.3 is 9.64 Å². The van der Waals surface area contributed by atoms with Crippen molar-refractivity contribution in [3.63, 3.8) is 0 Å². The van der Waals surface area contributed by atoms with Gasteiger partial charge in [0.05, 0.1) is 5.69 Å². The first-order valence-corrected chi connectivity index (χ1v) is 9.32. The fourth-order valence-corrected chi connectivity index (χ4v) is 4.03. The molecule has 1 heterocycles. The molecular weight excluding hydrogens is 373 g/mol. The van der Waals surface area contributed by atoms with Gasteiger partial charge in [0.1, 0.15) is 11.4 Å². The predicted octanol–water partition coefficient (Wildman–Crippen LogP) is 4.99. The van der Waals surface area contributed by atoms with E-state index < -0.39 is 28.8 Å². The third kappa shape index (κ3) is 3.95. The maximum Gasteiger partial charge on any atom is 0.412 e. The average Bonchev–Trinajstić information content (AvgIpc) is 2.84. The van der Waals surface area contributed by atoms with Gasteiger partial charge in [-0.2, -0.15) is 0 Å². The Hall–Kier alpha value is -2.25. The number of benzene rings is 1. The first kappa shape index (κ1) is 20.5. The van der Waals surface area contributed by atoms with Crippen LogP contribution in [0, 0.1) is 5.82 Å². The second kappa shape index (κ2) is 6.67. The minimum Gasteiger partial charge on any atom is -0.444 e. The van der Waals surface area contributed by atoms with E-state index in [1.54, 1.807) is 26.8 Å². The Morgan fingerprint density at radius 3 is 2.29 bits per heavy atom. The Kier molecular flexibility index (Phi) is 4.88. The third-order valence-corrected chi connectivity index (χ3v) is 5.33. The second-order valence-corrected chi connectivity index (χ2v) is 8.72. The van der Waals surface area contributed by atoms with Gasteiger partial charge in [-0.05, 0) is 51.3 Å². The van der Waals surface area contributed by atoms with E-state index in [9.17, 15) is 22.8 Å². The average molecular weight is 398 g/mol. The summed E-state index contributed by atoms with van der Waals surface area (Å²) in [4.78, 5) is 25.4. The molecule has 28 heavy (non-hydrogen) atoms. The number of carbonyl (C=O) groups excluding carboxylic acids is 2. The molecule has 1 aliphatic carbocycles. The zero-order chi connectivity index (χ0) is 20.9. The van der Waals surface area contributed by atoms with E-state index >= 15 is 0 Å². The van der Waals surface area contributed by atoms with Crippen LogP contribution < -0.4 is 10.2 Å². The molecule has 0 aromatic heterocycles. The normalized spacial score (nSPS) is 20.0. The van der Waals surface area contributed by atoms with Crippen molar-refractivity contribution in [2.75, 3.05) is 16.8 Å². The van der Waals surface area contributed by atoms with Crippen molar-refractivity contribution in [1.29, 1.82) is 0 Å². The maximum absolute atomic E-state index is 14.9. The van der Waals surface area contributed by atoms with Crippen LogP contribution in [0.25, 0.3) is 0 Å². The molecule has 0 unspecified atom stereocenters. The molecule has 1 aromatic carbocycles. The summed E-state index contributed by atoms with van der Waals surface area (Å²) in [5.41, 5.74) is -0.680. The maximum atomic E-state index is 14.9. The molecule has 8 heteroatoms. The highest BCUT2D eigenvalue weighted by atomic mass is 19.3. The van der Waals surface area contributed by atoms with Crippen molar-refractivity contribution in [3.05, 3.63) is 23.5 Å². The highest BCUT2D eigenvalue weighted by Gasteiger charge is 2.51. The topological polar surface area (TPSA) is 58.6 Å². The fraction of sp³-hybridized carbons (Fsp3) is 0.600. The summed E-state index contributed by atoms with van der Waals surface area (Å²) in [6.07, 6.45) is -1.08. The molecule has 0 radical (unpaired) electrons. The highest BCUT2D eigenvalue weighted by molar-refractivity contribution is 5.96. The quantitative estimate of drug-likeness (QED) is 0.725. The largest absolute Gasteiger partial charge is 0.444 e. The van der Waals surface area contributed by atoms with Crippen LogP contribution in [0.5, 0.6) is 0 Å². The van der Waals surface area contributed by atoms with Crippen molar-refractivity contribution >= 4 is 23.4 Å². The standard InChI is InChI=1S/C20H25F3N2O3/c1-12(26)25-11-19(5-7-20(22,23)8-6-19)14-9-13(10-15(21)16(14)25)24-17(27)28-18(2,3)4/h9-10H,5-8,11H2,1-4H3,(H,24,27). The van der Waals surface area contributed by atoms with Crippen LogP contribution in [0.1, 0.15) is 58.9 Å². The van der Waals surface area contributed by atoms with Gasteiger partial charge in [0, 0.05) is 37.4 Å². The van der Waals surface area contributed by atoms with Gasteiger partial charge in [0.25, 0.3) is 0 Å². The van der Waals surface area contributed by atoms with Crippen LogP contribution in [-0.2, 0) is 14.9 Å². The van der Waals surface area contributed by atoms with Gasteiger partial charge in [0.15, 0.2) is 0 Å². The van der Waals surface area contributed by atoms with Gasteiger partial charge in [-0.25, -0.2) is 18.0 Å². The summed E-state index contributed by atoms with van der Waals surface area (Å²) >= 11 is 0. The third-order valence-electron chi connectivity index (χ3n) is 5.33. The number of carbonyl (C=O) groups is 2. The molecule has 0 saturated heterocycles. The zero-order valence-electron chi connectivity index (χ0n) is 16.5. The number of anilines is 2. The molecule has 1 aliphatic heterocycles. The van der Waals surface area contributed by atoms with Crippen LogP contribution >= 0.6 is 0 Å². The Bertz CT molecular complexity index is 808. The van der Waals surface area contributed by atoms with E-state index in [2.05, 4.69) is 5.32 Å². The lowest BCUT2D eigenvalue weighted by Crippen LogP contribution is -2.41. The molecule has 1 spiro atoms. The van der Waals surface area contributed by atoms with Gasteiger partial charge in [-0.15, -0.1) is 0 Å². The zero-order valence-corrected chi connectivity index (χ0v) is 16.5. The van der Waals surface area contributed by atoms with Crippen LogP contribution in [0.15, 0.2) is 12.1 Å². The number of rotatable bonds is 1. The number of hydrogen-bond acceptors (Lipinski definition) is 3. The highest BCUT2D eigenvalue weighted by Crippen LogP contribution is 2.53. The van der Waals surface area contributed by atoms with Crippen molar-refractivity contribution in [2.45, 2.75) is 70.3 Å². The summed E-state index contributed by atoms with van der Waals surface area (Å²) in [6.45, 7) is 6.61. The van der Waals surface area contributed by atoms with E-state index in [1.807, 2.05) is 0 Å². The van der Waals surface area contributed by atoms with Gasteiger partial charge in [-0.3, -0.25) is 10.1 Å². The first-order chi connectivity index (χ1) is 12.8. The number of alkyl halides is 2. The van der Waals surface area contributed by atoms with Crippen LogP contribution in [-0.4, -0.2) is 30.1 Å². The number of amides is 2. The summed E-state index contributed by atoms with van der Waals surface area (Å²) in [5, 5.41) is 2.50. The van der Waals surface area contributed by atoms with Crippen molar-refractivity contribution in [2.24, 2.45) is 0 Å². The Morgan fingerprint density at radius 2 is 1.75 bits per heavy atom. The molecule has 2 aliphatic rings. The molecule has 0 atom stereocenters. The SMILES string of the molecule is CC(=O)N1CC2(CCC(F)(F)CC2)c2cc(NC(=O)OC(C)(C)C)cc(F)c21. The summed E-state index contributed by atoms with van der Waals surface area (Å²) < 4.78 is 47.6. The van der Waals surface area contributed by atoms with Gasteiger partial charge >= 0.3 is 6.09 Å². The first-order valence-electron chi connectivity index (χ1n) is 9.32. The molecule has 2 amide bonds.